The first kappa shape index (κ1) is 22.8. The van der Waals surface area contributed by atoms with Crippen LogP contribution in [0.4, 0.5) is 0 Å². The number of thioether (sulfide) groups is 4. The maximum absolute atomic E-state index is 11.3. The van der Waals surface area contributed by atoms with Crippen molar-refractivity contribution in [1.82, 2.24) is 0 Å². The molecule has 9 heteroatoms. The van der Waals surface area contributed by atoms with Crippen molar-refractivity contribution >= 4 is 53.0 Å². The Hall–Kier alpha value is 0.750. The smallest absolute Gasteiger partial charge is 0.307 e. The third-order valence-corrected chi connectivity index (χ3v) is 6.53. The molecule has 22 heavy (non-hydrogen) atoms. The van der Waals surface area contributed by atoms with Crippen molar-refractivity contribution in [2.75, 3.05) is 53.2 Å². The van der Waals surface area contributed by atoms with Crippen LogP contribution in [0.5, 0.6) is 0 Å². The van der Waals surface area contributed by atoms with Crippen molar-refractivity contribution in [3.8, 4) is 0 Å². The minimum atomic E-state index is -0.161. The number of hydrogen-bond acceptors (Lipinski definition) is 9. The Kier molecular flexibility index (Phi) is 20.5. The number of aliphatic hydroxyl groups excluding tert-OH is 1. The van der Waals surface area contributed by atoms with Gasteiger partial charge in [-0.2, -0.15) is 23.5 Å². The van der Waals surface area contributed by atoms with E-state index >= 15 is 0 Å². The number of hydrogen-bond donors (Lipinski definition) is 1. The molecule has 5 nitrogen and oxygen atoms in total. The van der Waals surface area contributed by atoms with Gasteiger partial charge in [0.25, 0.3) is 0 Å². The van der Waals surface area contributed by atoms with Crippen LogP contribution < -0.4 is 0 Å². The second-order valence-electron chi connectivity index (χ2n) is 3.85. The first-order chi connectivity index (χ1) is 10.8. The SMILES string of the molecule is CCOOCCCSCSCSCCC(=O)OCSCCO. The summed E-state index contributed by atoms with van der Waals surface area (Å²) in [6.07, 6.45) is 1.45. The van der Waals surface area contributed by atoms with Gasteiger partial charge in [0.05, 0.1) is 26.2 Å². The first-order valence-corrected chi connectivity index (χ1v) is 11.7. The normalized spacial score (nSPS) is 10.8. The fourth-order valence-corrected chi connectivity index (χ4v) is 4.96. The van der Waals surface area contributed by atoms with Gasteiger partial charge < -0.3 is 9.84 Å². The zero-order chi connectivity index (χ0) is 16.3. The predicted molar refractivity (Wildman–Crippen MR) is 99.6 cm³/mol. The van der Waals surface area contributed by atoms with E-state index in [-0.39, 0.29) is 12.6 Å². The fraction of sp³-hybridized carbons (Fsp3) is 0.923. The van der Waals surface area contributed by atoms with Gasteiger partial charge in [-0.3, -0.25) is 4.79 Å². The van der Waals surface area contributed by atoms with Gasteiger partial charge in [0, 0.05) is 21.7 Å². The summed E-state index contributed by atoms with van der Waals surface area (Å²) in [7, 11) is 0. The summed E-state index contributed by atoms with van der Waals surface area (Å²) in [5.41, 5.74) is 0. The van der Waals surface area contributed by atoms with Crippen LogP contribution in [-0.2, 0) is 19.3 Å². The van der Waals surface area contributed by atoms with Crippen LogP contribution in [0.1, 0.15) is 19.8 Å². The van der Waals surface area contributed by atoms with E-state index in [4.69, 9.17) is 19.6 Å². The van der Waals surface area contributed by atoms with Crippen molar-refractivity contribution in [3.63, 3.8) is 0 Å². The maximum Gasteiger partial charge on any atom is 0.307 e. The molecule has 0 unspecified atom stereocenters. The summed E-state index contributed by atoms with van der Waals surface area (Å²) in [4.78, 5) is 21.1. The molecule has 0 aliphatic rings. The largest absolute Gasteiger partial charge is 0.455 e. The number of carbonyl (C=O) groups excluding carboxylic acids is 1. The van der Waals surface area contributed by atoms with Gasteiger partial charge in [0.15, 0.2) is 0 Å². The highest BCUT2D eigenvalue weighted by Gasteiger charge is 2.02. The lowest BCUT2D eigenvalue weighted by molar-refractivity contribution is -0.290. The van der Waals surface area contributed by atoms with Crippen LogP contribution in [0.3, 0.4) is 0 Å². The number of esters is 1. The Morgan fingerprint density at radius 2 is 1.77 bits per heavy atom. The molecule has 0 amide bonds. The second kappa shape index (κ2) is 19.8. The molecule has 0 aliphatic heterocycles. The van der Waals surface area contributed by atoms with Crippen LogP contribution in [0.2, 0.25) is 0 Å². The minimum Gasteiger partial charge on any atom is -0.455 e. The molecule has 0 heterocycles. The summed E-state index contributed by atoms with van der Waals surface area (Å²) >= 11 is 6.93. The fourth-order valence-electron chi connectivity index (χ4n) is 1.09. The van der Waals surface area contributed by atoms with E-state index in [1.54, 1.807) is 11.8 Å². The Morgan fingerprint density at radius 3 is 2.50 bits per heavy atom. The topological polar surface area (TPSA) is 65.0 Å². The van der Waals surface area contributed by atoms with Gasteiger partial charge in [-0.05, 0) is 19.1 Å². The van der Waals surface area contributed by atoms with Crippen molar-refractivity contribution in [2.45, 2.75) is 19.8 Å². The van der Waals surface area contributed by atoms with Crippen LogP contribution in [-0.4, -0.2) is 64.3 Å². The number of carbonyl (C=O) groups is 1. The lowest BCUT2D eigenvalue weighted by Crippen LogP contribution is -2.05. The summed E-state index contributed by atoms with van der Waals surface area (Å²) < 4.78 is 5.01. The van der Waals surface area contributed by atoms with Gasteiger partial charge in [-0.25, -0.2) is 9.78 Å². The van der Waals surface area contributed by atoms with E-state index < -0.39 is 0 Å². The molecule has 0 radical (unpaired) electrons. The third kappa shape index (κ3) is 18.8. The van der Waals surface area contributed by atoms with Crippen LogP contribution >= 0.6 is 47.0 Å². The van der Waals surface area contributed by atoms with Gasteiger partial charge in [0.2, 0.25) is 0 Å². The highest BCUT2D eigenvalue weighted by Crippen LogP contribution is 2.18. The summed E-state index contributed by atoms with van der Waals surface area (Å²) in [5, 5.41) is 10.6. The zero-order valence-corrected chi connectivity index (χ0v) is 16.3. The molecular formula is C13H26O5S4. The lowest BCUT2D eigenvalue weighted by atomic mass is 10.5. The highest BCUT2D eigenvalue weighted by molar-refractivity contribution is 8.22. The van der Waals surface area contributed by atoms with E-state index in [1.165, 1.54) is 11.8 Å². The Labute approximate surface area is 150 Å². The second-order valence-corrected chi connectivity index (χ2v) is 8.83. The molecule has 0 aromatic carbocycles. The van der Waals surface area contributed by atoms with Crippen molar-refractivity contribution in [2.24, 2.45) is 0 Å². The number of rotatable bonds is 17. The molecule has 0 atom stereocenters. The average molecular weight is 391 g/mol. The zero-order valence-electron chi connectivity index (χ0n) is 13.0. The Balaban J connectivity index is 3.08. The molecule has 1 N–H and O–H groups in total. The van der Waals surface area contributed by atoms with Crippen LogP contribution in [0.15, 0.2) is 0 Å². The number of ether oxygens (including phenoxy) is 1. The summed E-state index contributed by atoms with van der Waals surface area (Å²) in [6, 6.07) is 0. The molecule has 0 aliphatic carbocycles. The van der Waals surface area contributed by atoms with Crippen molar-refractivity contribution in [1.29, 1.82) is 0 Å². The Bertz CT molecular complexity index is 246. The molecule has 0 aromatic rings. The number of aliphatic hydroxyl groups is 1. The van der Waals surface area contributed by atoms with Gasteiger partial charge in [-0.1, -0.05) is 0 Å². The van der Waals surface area contributed by atoms with Crippen molar-refractivity contribution in [3.05, 3.63) is 0 Å². The van der Waals surface area contributed by atoms with Gasteiger partial charge >= 0.3 is 5.97 Å². The monoisotopic (exact) mass is 390 g/mol. The average Bonchev–Trinajstić information content (AvgIpc) is 2.52. The quantitative estimate of drug-likeness (QED) is 0.133. The predicted octanol–water partition coefficient (Wildman–Crippen LogP) is 3.08. The summed E-state index contributed by atoms with van der Waals surface area (Å²) in [6.45, 7) is 3.26. The lowest BCUT2D eigenvalue weighted by Gasteiger charge is -2.04. The van der Waals surface area contributed by atoms with Gasteiger partial charge in [0.1, 0.15) is 5.94 Å². The van der Waals surface area contributed by atoms with E-state index in [0.29, 0.717) is 31.3 Å². The molecule has 0 spiro atoms. The van der Waals surface area contributed by atoms with Crippen molar-refractivity contribution < 1.29 is 24.4 Å². The van der Waals surface area contributed by atoms with Gasteiger partial charge in [-0.15, -0.1) is 23.5 Å². The Morgan fingerprint density at radius 1 is 1.00 bits per heavy atom. The molecule has 0 saturated carbocycles. The molecule has 0 fully saturated rings. The molecular weight excluding hydrogens is 364 g/mol. The molecule has 0 bridgehead atoms. The van der Waals surface area contributed by atoms with E-state index in [2.05, 4.69) is 0 Å². The standard InChI is InChI=1S/C13H26O5S4/c1-2-17-18-6-3-7-20-11-22-12-21-8-4-13(15)16-10-19-9-5-14/h14H,2-12H2,1H3. The van der Waals surface area contributed by atoms with E-state index in [1.807, 2.05) is 30.4 Å². The minimum absolute atomic E-state index is 0.118. The van der Waals surface area contributed by atoms with Crippen LogP contribution in [0, 0.1) is 0 Å². The summed E-state index contributed by atoms with van der Waals surface area (Å²) in [5.74, 6) is 2.65. The van der Waals surface area contributed by atoms with Crippen LogP contribution in [0.25, 0.3) is 0 Å². The van der Waals surface area contributed by atoms with E-state index in [0.717, 1.165) is 28.1 Å². The molecule has 0 saturated heterocycles. The first-order valence-electron chi connectivity index (χ1n) is 7.13. The van der Waals surface area contributed by atoms with E-state index in [9.17, 15) is 4.79 Å². The molecule has 132 valence electrons. The molecule has 0 rings (SSSR count). The highest BCUT2D eigenvalue weighted by atomic mass is 32.2. The molecule has 0 aromatic heterocycles. The maximum atomic E-state index is 11.3. The third-order valence-electron chi connectivity index (χ3n) is 2.04.